The number of benzene rings is 1. The monoisotopic (exact) mass is 257 g/mol. The van der Waals surface area contributed by atoms with Crippen LogP contribution in [0.3, 0.4) is 0 Å². The zero-order valence-electron chi connectivity index (χ0n) is 11.1. The molecule has 0 fully saturated rings. The maximum Gasteiger partial charge on any atom is 0.276 e. The lowest BCUT2D eigenvalue weighted by atomic mass is 10.1. The van der Waals surface area contributed by atoms with E-state index in [9.17, 15) is 9.59 Å². The highest BCUT2D eigenvalue weighted by Crippen LogP contribution is 2.12. The number of hydrogen-bond acceptors (Lipinski definition) is 3. The zero-order valence-corrected chi connectivity index (χ0v) is 11.1. The van der Waals surface area contributed by atoms with Gasteiger partial charge in [0, 0.05) is 24.0 Å². The molecule has 0 saturated heterocycles. The van der Waals surface area contributed by atoms with Crippen LogP contribution in [0.1, 0.15) is 33.5 Å². The summed E-state index contributed by atoms with van der Waals surface area (Å²) in [6.45, 7) is 3.36. The number of ketones is 1. The van der Waals surface area contributed by atoms with E-state index < -0.39 is 0 Å². The second-order valence-corrected chi connectivity index (χ2v) is 4.39. The Bertz CT molecular complexity index is 624. The van der Waals surface area contributed by atoms with Crippen LogP contribution in [0.25, 0.3) is 0 Å². The van der Waals surface area contributed by atoms with Gasteiger partial charge in [0.15, 0.2) is 11.5 Å². The molecule has 19 heavy (non-hydrogen) atoms. The molecule has 1 aromatic heterocycles. The van der Waals surface area contributed by atoms with Crippen molar-refractivity contribution in [3.63, 3.8) is 0 Å². The molecule has 2 rings (SSSR count). The van der Waals surface area contributed by atoms with E-state index in [1.807, 2.05) is 6.92 Å². The van der Waals surface area contributed by atoms with Gasteiger partial charge < -0.3 is 5.32 Å². The van der Waals surface area contributed by atoms with Crippen molar-refractivity contribution < 1.29 is 9.59 Å². The molecule has 0 atom stereocenters. The summed E-state index contributed by atoms with van der Waals surface area (Å²) in [4.78, 5) is 23.3. The van der Waals surface area contributed by atoms with Crippen molar-refractivity contribution in [3.8, 4) is 0 Å². The predicted molar refractivity (Wildman–Crippen MR) is 72.3 cm³/mol. The zero-order chi connectivity index (χ0) is 14.0. The average molecular weight is 257 g/mol. The molecular weight excluding hydrogens is 242 g/mol. The maximum absolute atomic E-state index is 12.0. The summed E-state index contributed by atoms with van der Waals surface area (Å²) in [5, 5.41) is 6.83. The number of carbonyl (C=O) groups is 2. The number of nitrogens with one attached hydrogen (secondary N) is 1. The molecule has 5 heteroatoms. The molecule has 2 aromatic rings. The summed E-state index contributed by atoms with van der Waals surface area (Å²) in [7, 11) is 1.78. The Balaban J connectivity index is 2.19. The standard InChI is InChI=1S/C14H15N3O2/c1-9-7-13(16-17(9)3)14(19)15-12-6-4-5-11(8-12)10(2)18/h4-8H,1-3H3,(H,15,19). The van der Waals surface area contributed by atoms with Gasteiger partial charge in [0.05, 0.1) is 0 Å². The lowest BCUT2D eigenvalue weighted by molar-refractivity contribution is 0.100. The van der Waals surface area contributed by atoms with Gasteiger partial charge in [-0.15, -0.1) is 0 Å². The van der Waals surface area contributed by atoms with Gasteiger partial charge in [-0.2, -0.15) is 5.10 Å². The molecule has 1 aromatic carbocycles. The van der Waals surface area contributed by atoms with Gasteiger partial charge in [0.1, 0.15) is 0 Å². The molecular formula is C14H15N3O2. The highest BCUT2D eigenvalue weighted by molar-refractivity contribution is 6.04. The third-order valence-electron chi connectivity index (χ3n) is 2.87. The summed E-state index contributed by atoms with van der Waals surface area (Å²) < 4.78 is 1.64. The van der Waals surface area contributed by atoms with Gasteiger partial charge in [0.2, 0.25) is 0 Å². The number of rotatable bonds is 3. The highest BCUT2D eigenvalue weighted by Gasteiger charge is 2.11. The van der Waals surface area contributed by atoms with Gasteiger partial charge in [-0.3, -0.25) is 14.3 Å². The predicted octanol–water partition coefficient (Wildman–Crippen LogP) is 2.18. The second kappa shape index (κ2) is 5.06. The smallest absolute Gasteiger partial charge is 0.276 e. The Morgan fingerprint density at radius 2 is 2.00 bits per heavy atom. The Kier molecular flexibility index (Phi) is 3.46. The van der Waals surface area contributed by atoms with Crippen molar-refractivity contribution in [1.29, 1.82) is 0 Å². The summed E-state index contributed by atoms with van der Waals surface area (Å²) in [5.74, 6) is -0.325. The minimum absolute atomic E-state index is 0.0372. The Morgan fingerprint density at radius 3 is 2.58 bits per heavy atom. The minimum Gasteiger partial charge on any atom is -0.321 e. The van der Waals surface area contributed by atoms with Gasteiger partial charge >= 0.3 is 0 Å². The molecule has 1 heterocycles. The SMILES string of the molecule is CC(=O)c1cccc(NC(=O)c2cc(C)n(C)n2)c1. The van der Waals surface area contributed by atoms with E-state index in [-0.39, 0.29) is 11.7 Å². The first-order chi connectivity index (χ1) is 8.97. The van der Waals surface area contributed by atoms with E-state index in [4.69, 9.17) is 0 Å². The van der Waals surface area contributed by atoms with Crippen LogP contribution in [-0.2, 0) is 7.05 Å². The van der Waals surface area contributed by atoms with Crippen LogP contribution in [0.5, 0.6) is 0 Å². The lowest BCUT2D eigenvalue weighted by Crippen LogP contribution is -2.13. The fourth-order valence-corrected chi connectivity index (χ4v) is 1.68. The van der Waals surface area contributed by atoms with Crippen LogP contribution in [0.4, 0.5) is 5.69 Å². The first-order valence-corrected chi connectivity index (χ1v) is 5.90. The largest absolute Gasteiger partial charge is 0.321 e. The van der Waals surface area contributed by atoms with Gasteiger partial charge in [-0.05, 0) is 32.0 Å². The molecule has 0 saturated carbocycles. The van der Waals surface area contributed by atoms with Crippen LogP contribution in [0, 0.1) is 6.92 Å². The molecule has 1 N–H and O–H groups in total. The molecule has 0 aliphatic heterocycles. The molecule has 98 valence electrons. The number of Topliss-reactive ketones (excluding diaryl/α,β-unsaturated/α-hetero) is 1. The van der Waals surface area contributed by atoms with Crippen molar-refractivity contribution in [2.75, 3.05) is 5.32 Å². The molecule has 0 radical (unpaired) electrons. The number of anilines is 1. The minimum atomic E-state index is -0.288. The Labute approximate surface area is 111 Å². The second-order valence-electron chi connectivity index (χ2n) is 4.39. The summed E-state index contributed by atoms with van der Waals surface area (Å²) in [6, 6.07) is 8.54. The van der Waals surface area contributed by atoms with Crippen molar-refractivity contribution in [3.05, 3.63) is 47.3 Å². The number of nitrogens with zero attached hydrogens (tertiary/aromatic N) is 2. The van der Waals surface area contributed by atoms with Crippen molar-refractivity contribution in [2.24, 2.45) is 7.05 Å². The van der Waals surface area contributed by atoms with Crippen molar-refractivity contribution in [2.45, 2.75) is 13.8 Å². The van der Waals surface area contributed by atoms with Crippen molar-refractivity contribution in [1.82, 2.24) is 9.78 Å². The van der Waals surface area contributed by atoms with Crippen LogP contribution >= 0.6 is 0 Å². The fraction of sp³-hybridized carbons (Fsp3) is 0.214. The normalized spacial score (nSPS) is 10.3. The molecule has 0 spiro atoms. The maximum atomic E-state index is 12.0. The van der Waals surface area contributed by atoms with Crippen molar-refractivity contribution >= 4 is 17.4 Å². The topological polar surface area (TPSA) is 64.0 Å². The van der Waals surface area contributed by atoms with Gasteiger partial charge in [-0.1, -0.05) is 12.1 Å². The first kappa shape index (κ1) is 13.0. The Morgan fingerprint density at radius 1 is 1.26 bits per heavy atom. The van der Waals surface area contributed by atoms with E-state index in [1.165, 1.54) is 6.92 Å². The summed E-state index contributed by atoms with van der Waals surface area (Å²) in [5.41, 5.74) is 2.41. The molecule has 5 nitrogen and oxygen atoms in total. The quantitative estimate of drug-likeness (QED) is 0.857. The molecule has 1 amide bonds. The molecule has 0 bridgehead atoms. The van der Waals surface area contributed by atoms with E-state index in [1.54, 1.807) is 42.1 Å². The number of hydrogen-bond donors (Lipinski definition) is 1. The third-order valence-corrected chi connectivity index (χ3v) is 2.87. The molecule has 0 aliphatic carbocycles. The number of aryl methyl sites for hydroxylation is 2. The van der Waals surface area contributed by atoms with Crippen LogP contribution in [0.15, 0.2) is 30.3 Å². The Hall–Kier alpha value is -2.43. The molecule has 0 unspecified atom stereocenters. The number of carbonyl (C=O) groups excluding carboxylic acids is 2. The van der Waals surface area contributed by atoms with Gasteiger partial charge in [0.25, 0.3) is 5.91 Å². The first-order valence-electron chi connectivity index (χ1n) is 5.90. The fourth-order valence-electron chi connectivity index (χ4n) is 1.68. The van der Waals surface area contributed by atoms with Crippen LogP contribution in [0.2, 0.25) is 0 Å². The van der Waals surface area contributed by atoms with Crippen LogP contribution in [-0.4, -0.2) is 21.5 Å². The van der Waals surface area contributed by atoms with E-state index in [0.717, 1.165) is 5.69 Å². The third kappa shape index (κ3) is 2.88. The van der Waals surface area contributed by atoms with Crippen LogP contribution < -0.4 is 5.32 Å². The average Bonchev–Trinajstić information content (AvgIpc) is 2.70. The number of aromatic nitrogens is 2. The highest BCUT2D eigenvalue weighted by atomic mass is 16.2. The lowest BCUT2D eigenvalue weighted by Gasteiger charge is -2.04. The van der Waals surface area contributed by atoms with Gasteiger partial charge in [-0.25, -0.2) is 0 Å². The number of amides is 1. The van der Waals surface area contributed by atoms with E-state index in [0.29, 0.717) is 16.9 Å². The summed E-state index contributed by atoms with van der Waals surface area (Å²) >= 11 is 0. The van der Waals surface area contributed by atoms with E-state index in [2.05, 4.69) is 10.4 Å². The van der Waals surface area contributed by atoms with E-state index >= 15 is 0 Å². The summed E-state index contributed by atoms with van der Waals surface area (Å²) in [6.07, 6.45) is 0. The molecule has 0 aliphatic rings.